The molecule has 0 radical (unpaired) electrons. The van der Waals surface area contributed by atoms with Gasteiger partial charge in [0.25, 0.3) is 0 Å². The Labute approximate surface area is 197 Å². The van der Waals surface area contributed by atoms with Crippen molar-refractivity contribution in [1.82, 2.24) is 20.2 Å². The lowest BCUT2D eigenvalue weighted by molar-refractivity contribution is 0.0292. The highest BCUT2D eigenvalue weighted by atomic mass is 16.6. The fourth-order valence-electron chi connectivity index (χ4n) is 3.82. The second-order valence-corrected chi connectivity index (χ2v) is 9.07. The van der Waals surface area contributed by atoms with Crippen molar-refractivity contribution < 1.29 is 10.9 Å². The molecule has 33 heavy (non-hydrogen) atoms. The van der Waals surface area contributed by atoms with Gasteiger partial charge in [-0.25, -0.2) is 4.79 Å². The maximum atomic E-state index is 11.9. The average molecular weight is 460 g/mol. The lowest BCUT2D eigenvalue weighted by Crippen LogP contribution is -2.35. The van der Waals surface area contributed by atoms with Crippen LogP contribution in [-0.4, -0.2) is 52.7 Å². The summed E-state index contributed by atoms with van der Waals surface area (Å²) in [5, 5.41) is 3.29. The van der Waals surface area contributed by atoms with Gasteiger partial charge >= 0.3 is 6.09 Å². The Morgan fingerprint density at radius 3 is 2.06 bits per heavy atom. The molecule has 0 aliphatic carbocycles. The number of carbonyl (C=O) groups is 1. The number of likely N-dealkylation sites (tertiary alicyclic amines) is 1. The Kier molecular flexibility index (Phi) is 9.30. The number of rotatable bonds is 2. The van der Waals surface area contributed by atoms with Crippen molar-refractivity contribution in [2.75, 3.05) is 26.2 Å². The molecule has 2 fully saturated rings. The van der Waals surface area contributed by atoms with Crippen molar-refractivity contribution in [1.29, 1.82) is 0 Å². The molecular weight excluding hydrogens is 420 g/mol. The smallest absolute Gasteiger partial charge is 0.410 e. The maximum Gasteiger partial charge on any atom is 0.410 e. The SMILES string of the molecule is CC(C)(C)OC(=O)N1CCC(c2ccc(=O)[nH]c2)C1.O=c1ccc(C2CCNC2)c[nH]1.[2H]CC. The molecule has 2 aromatic rings. The van der Waals surface area contributed by atoms with E-state index in [2.05, 4.69) is 15.3 Å². The van der Waals surface area contributed by atoms with Crippen LogP contribution in [0.25, 0.3) is 0 Å². The molecular formula is C25H38N4O4. The Balaban J connectivity index is 0.000000232. The number of hydrogen-bond donors (Lipinski definition) is 3. The second kappa shape index (κ2) is 12.4. The summed E-state index contributed by atoms with van der Waals surface area (Å²) < 4.78 is 11.6. The van der Waals surface area contributed by atoms with E-state index in [1.165, 1.54) is 18.1 Å². The van der Waals surface area contributed by atoms with Gasteiger partial charge in [0, 0.05) is 51.4 Å². The number of ether oxygens (including phenoxy) is 1. The van der Waals surface area contributed by atoms with Crippen LogP contribution in [-0.2, 0) is 4.74 Å². The van der Waals surface area contributed by atoms with E-state index >= 15 is 0 Å². The molecule has 8 nitrogen and oxygen atoms in total. The lowest BCUT2D eigenvalue weighted by Gasteiger charge is -2.24. The third-order valence-electron chi connectivity index (χ3n) is 5.46. The van der Waals surface area contributed by atoms with Crippen LogP contribution in [0.5, 0.6) is 0 Å². The van der Waals surface area contributed by atoms with Gasteiger partial charge in [-0.2, -0.15) is 0 Å². The highest BCUT2D eigenvalue weighted by Gasteiger charge is 2.30. The predicted octanol–water partition coefficient (Wildman–Crippen LogP) is 3.58. The van der Waals surface area contributed by atoms with Crippen molar-refractivity contribution in [2.45, 2.75) is 64.9 Å². The Morgan fingerprint density at radius 2 is 1.61 bits per heavy atom. The first-order valence-electron chi connectivity index (χ1n) is 12.2. The molecule has 2 unspecified atom stereocenters. The van der Waals surface area contributed by atoms with Crippen molar-refractivity contribution in [3.05, 3.63) is 68.5 Å². The molecule has 2 aromatic heterocycles. The van der Waals surface area contributed by atoms with Crippen LogP contribution < -0.4 is 16.4 Å². The molecule has 0 bridgehead atoms. The lowest BCUT2D eigenvalue weighted by atomic mass is 10.0. The maximum absolute atomic E-state index is 11.9. The topological polar surface area (TPSA) is 107 Å². The number of nitrogens with zero attached hydrogens (tertiary/aromatic N) is 1. The molecule has 182 valence electrons. The predicted molar refractivity (Wildman–Crippen MR) is 131 cm³/mol. The first-order chi connectivity index (χ1) is 16.1. The van der Waals surface area contributed by atoms with E-state index in [1.807, 2.05) is 39.1 Å². The highest BCUT2D eigenvalue weighted by molar-refractivity contribution is 5.68. The average Bonchev–Trinajstić information content (AvgIpc) is 3.48. The monoisotopic (exact) mass is 459 g/mol. The van der Waals surface area contributed by atoms with Gasteiger partial charge in [0.15, 0.2) is 0 Å². The first kappa shape index (κ1) is 24.8. The quantitative estimate of drug-likeness (QED) is 0.636. The van der Waals surface area contributed by atoms with Gasteiger partial charge in [-0.3, -0.25) is 9.59 Å². The Morgan fingerprint density at radius 1 is 1.03 bits per heavy atom. The number of aromatic amines is 2. The van der Waals surface area contributed by atoms with Gasteiger partial charge in [0.1, 0.15) is 5.60 Å². The van der Waals surface area contributed by atoms with E-state index in [4.69, 9.17) is 6.11 Å². The minimum Gasteiger partial charge on any atom is -0.444 e. The number of amides is 1. The molecule has 0 saturated carbocycles. The number of pyridine rings is 2. The van der Waals surface area contributed by atoms with Crippen LogP contribution in [0.4, 0.5) is 4.79 Å². The summed E-state index contributed by atoms with van der Waals surface area (Å²) in [7, 11) is 0. The largest absolute Gasteiger partial charge is 0.444 e. The van der Waals surface area contributed by atoms with E-state index in [-0.39, 0.29) is 23.1 Å². The number of hydrogen-bond acceptors (Lipinski definition) is 5. The van der Waals surface area contributed by atoms with Crippen molar-refractivity contribution in [3.8, 4) is 0 Å². The van der Waals surface area contributed by atoms with E-state index in [0.29, 0.717) is 25.9 Å². The third-order valence-corrected chi connectivity index (χ3v) is 5.46. The van der Waals surface area contributed by atoms with E-state index in [0.717, 1.165) is 25.1 Å². The van der Waals surface area contributed by atoms with E-state index < -0.39 is 5.60 Å². The molecule has 1 amide bonds. The summed E-state index contributed by atoms with van der Waals surface area (Å²) in [5.74, 6) is 0.853. The third kappa shape index (κ3) is 8.53. The van der Waals surface area contributed by atoms with E-state index in [9.17, 15) is 14.4 Å². The van der Waals surface area contributed by atoms with Crippen LogP contribution in [0.2, 0.25) is 0 Å². The van der Waals surface area contributed by atoms with Gasteiger partial charge in [-0.15, -0.1) is 0 Å². The van der Waals surface area contributed by atoms with Crippen molar-refractivity contribution in [2.24, 2.45) is 0 Å². The second-order valence-electron chi connectivity index (χ2n) is 9.07. The van der Waals surface area contributed by atoms with Gasteiger partial charge in [0.2, 0.25) is 11.1 Å². The van der Waals surface area contributed by atoms with Crippen LogP contribution in [0.1, 0.15) is 71.8 Å². The molecule has 0 spiro atoms. The van der Waals surface area contributed by atoms with Gasteiger partial charge in [0.05, 0.1) is 0 Å². The molecule has 2 atom stereocenters. The zero-order valence-corrected chi connectivity index (χ0v) is 20.1. The fourth-order valence-corrected chi connectivity index (χ4v) is 3.82. The number of aromatic nitrogens is 2. The molecule has 3 N–H and O–H groups in total. The highest BCUT2D eigenvalue weighted by Crippen LogP contribution is 2.27. The van der Waals surface area contributed by atoms with Crippen molar-refractivity contribution >= 4 is 6.09 Å². The van der Waals surface area contributed by atoms with Crippen LogP contribution >= 0.6 is 0 Å². The molecule has 4 heterocycles. The molecule has 0 aromatic carbocycles. The van der Waals surface area contributed by atoms with Crippen LogP contribution in [0, 0.1) is 0 Å². The molecule has 2 aliphatic heterocycles. The zero-order chi connectivity index (χ0) is 25.1. The minimum absolute atomic E-state index is 0.0234. The summed E-state index contributed by atoms with van der Waals surface area (Å²) >= 11 is 0. The standard InChI is InChI=1S/C14H20N2O3.C9H12N2O.C2H6/c1-14(2,3)19-13(18)16-7-6-11(9-16)10-4-5-12(17)15-8-10;12-9-2-1-7(6-11-9)8-3-4-10-5-8;1-2/h4-5,8,11H,6-7,9H2,1-3H3,(H,15,17);1-2,6,8,10H,3-5H2,(H,11,12);1-2H3/i;;1D. The molecule has 2 aliphatic rings. The Bertz CT molecular complexity index is 968. The summed E-state index contributed by atoms with van der Waals surface area (Å²) in [6.07, 6.45) is 5.35. The summed E-state index contributed by atoms with van der Waals surface area (Å²) in [5.41, 5.74) is 1.70. The summed E-state index contributed by atoms with van der Waals surface area (Å²) in [6.45, 7) is 11.3. The molecule has 8 heteroatoms. The Hall–Kier alpha value is -2.87. The number of H-pyrrole nitrogens is 2. The minimum atomic E-state index is -0.465. The number of nitrogens with one attached hydrogen (secondary N) is 3. The van der Waals surface area contributed by atoms with Crippen LogP contribution in [0.3, 0.4) is 0 Å². The summed E-state index contributed by atoms with van der Waals surface area (Å²) in [6, 6.07) is 6.84. The van der Waals surface area contributed by atoms with Gasteiger partial charge in [-0.05, 0) is 57.2 Å². The van der Waals surface area contributed by atoms with Crippen LogP contribution in [0.15, 0.2) is 46.2 Å². The van der Waals surface area contributed by atoms with E-state index in [1.54, 1.807) is 24.1 Å². The van der Waals surface area contributed by atoms with Gasteiger partial charge in [-0.1, -0.05) is 26.0 Å². The first-order valence-corrected chi connectivity index (χ1v) is 11.5. The zero-order valence-electron chi connectivity index (χ0n) is 21.1. The normalized spacial score (nSPS) is 20.1. The number of carbonyl (C=O) groups excluding carboxylic acids is 1. The van der Waals surface area contributed by atoms with Crippen molar-refractivity contribution in [3.63, 3.8) is 0 Å². The fraction of sp³-hybridized carbons (Fsp3) is 0.560. The molecule has 2 saturated heterocycles. The summed E-state index contributed by atoms with van der Waals surface area (Å²) in [4.78, 5) is 40.8. The molecule has 4 rings (SSSR count). The van der Waals surface area contributed by atoms with Gasteiger partial charge < -0.3 is 24.9 Å².